The summed E-state index contributed by atoms with van der Waals surface area (Å²) in [5, 5.41) is 5.57. The number of halogens is 1. The number of nitrogen functional groups attached to an aromatic ring is 1. The lowest BCUT2D eigenvalue weighted by atomic mass is 10.2. The summed E-state index contributed by atoms with van der Waals surface area (Å²) >= 11 is 6.03. The van der Waals surface area contributed by atoms with Gasteiger partial charge in [-0.2, -0.15) is 0 Å². The van der Waals surface area contributed by atoms with Gasteiger partial charge in [0.1, 0.15) is 5.69 Å². The lowest BCUT2D eigenvalue weighted by molar-refractivity contribution is -0.114. The number of anilines is 3. The van der Waals surface area contributed by atoms with Crippen molar-refractivity contribution in [2.75, 3.05) is 16.4 Å². The van der Waals surface area contributed by atoms with Gasteiger partial charge in [0.05, 0.1) is 22.6 Å². The Kier molecular flexibility index (Phi) is 4.39. The zero-order chi connectivity index (χ0) is 15.4. The highest BCUT2D eigenvalue weighted by Crippen LogP contribution is 2.25. The first-order valence-electron chi connectivity index (χ1n) is 6.06. The molecule has 108 valence electrons. The Labute approximate surface area is 126 Å². The molecular formula is C14H13ClN4O2. The van der Waals surface area contributed by atoms with E-state index in [1.54, 1.807) is 24.3 Å². The quantitative estimate of drug-likeness (QED) is 0.811. The van der Waals surface area contributed by atoms with E-state index in [2.05, 4.69) is 15.6 Å². The zero-order valence-corrected chi connectivity index (χ0v) is 11.9. The van der Waals surface area contributed by atoms with Crippen LogP contribution in [0, 0.1) is 0 Å². The lowest BCUT2D eigenvalue weighted by Gasteiger charge is -2.09. The molecule has 0 aliphatic carbocycles. The van der Waals surface area contributed by atoms with Gasteiger partial charge in [0.2, 0.25) is 5.91 Å². The van der Waals surface area contributed by atoms with Crippen molar-refractivity contribution in [3.8, 4) is 0 Å². The molecule has 4 N–H and O–H groups in total. The minimum Gasteiger partial charge on any atom is -0.397 e. The summed E-state index contributed by atoms with van der Waals surface area (Å²) in [6.07, 6.45) is 1.40. The van der Waals surface area contributed by atoms with Crippen molar-refractivity contribution in [3.63, 3.8) is 0 Å². The van der Waals surface area contributed by atoms with Crippen molar-refractivity contribution in [2.24, 2.45) is 0 Å². The van der Waals surface area contributed by atoms with Crippen molar-refractivity contribution in [3.05, 3.63) is 47.2 Å². The molecule has 0 fully saturated rings. The predicted molar refractivity (Wildman–Crippen MR) is 82.4 cm³/mol. The fourth-order valence-electron chi connectivity index (χ4n) is 1.62. The van der Waals surface area contributed by atoms with Crippen molar-refractivity contribution in [2.45, 2.75) is 6.92 Å². The van der Waals surface area contributed by atoms with Gasteiger partial charge in [-0.05, 0) is 30.3 Å². The van der Waals surface area contributed by atoms with Crippen molar-refractivity contribution in [1.29, 1.82) is 0 Å². The summed E-state index contributed by atoms with van der Waals surface area (Å²) < 4.78 is 0. The second-order valence-corrected chi connectivity index (χ2v) is 4.71. The minimum atomic E-state index is -0.377. The van der Waals surface area contributed by atoms with Gasteiger partial charge in [-0.1, -0.05) is 11.6 Å². The molecule has 2 amide bonds. The van der Waals surface area contributed by atoms with Crippen LogP contribution in [0.15, 0.2) is 36.5 Å². The number of nitrogens with zero attached hydrogens (tertiary/aromatic N) is 1. The van der Waals surface area contributed by atoms with Crippen molar-refractivity contribution < 1.29 is 9.59 Å². The highest BCUT2D eigenvalue weighted by molar-refractivity contribution is 6.34. The van der Waals surface area contributed by atoms with E-state index in [4.69, 9.17) is 17.3 Å². The molecule has 0 aliphatic rings. The van der Waals surface area contributed by atoms with Crippen LogP contribution in [-0.4, -0.2) is 16.8 Å². The highest BCUT2D eigenvalue weighted by Gasteiger charge is 2.09. The number of carbonyl (C=O) groups is 2. The van der Waals surface area contributed by atoms with Gasteiger partial charge in [0.25, 0.3) is 5.91 Å². The number of nitrogens with one attached hydrogen (secondary N) is 2. The third kappa shape index (κ3) is 3.93. The Morgan fingerprint density at radius 3 is 2.52 bits per heavy atom. The normalized spacial score (nSPS) is 10.0. The standard InChI is InChI=1S/C14H13ClN4O2/c1-8(20)18-12-5-3-10(6-11(12)15)19-14(21)13-4-2-9(16)7-17-13/h2-7H,16H2,1H3,(H,18,20)(H,19,21). The van der Waals surface area contributed by atoms with Crippen LogP contribution in [-0.2, 0) is 4.79 Å². The van der Waals surface area contributed by atoms with Crippen LogP contribution in [0.3, 0.4) is 0 Å². The summed E-state index contributed by atoms with van der Waals surface area (Å²) in [5.41, 5.74) is 7.21. The molecule has 0 aliphatic heterocycles. The first-order chi connectivity index (χ1) is 9.95. The summed E-state index contributed by atoms with van der Waals surface area (Å²) in [7, 11) is 0. The third-order valence-electron chi connectivity index (χ3n) is 2.56. The second kappa shape index (κ2) is 6.23. The monoisotopic (exact) mass is 304 g/mol. The number of amides is 2. The summed E-state index contributed by atoms with van der Waals surface area (Å²) in [5.74, 6) is -0.599. The number of aromatic nitrogens is 1. The van der Waals surface area contributed by atoms with E-state index in [0.717, 1.165) is 0 Å². The van der Waals surface area contributed by atoms with E-state index >= 15 is 0 Å². The van der Waals surface area contributed by atoms with Crippen LogP contribution in [0.25, 0.3) is 0 Å². The van der Waals surface area contributed by atoms with Gasteiger partial charge in [-0.3, -0.25) is 9.59 Å². The maximum Gasteiger partial charge on any atom is 0.274 e. The Hall–Kier alpha value is -2.60. The van der Waals surface area contributed by atoms with E-state index in [9.17, 15) is 9.59 Å². The number of hydrogen-bond acceptors (Lipinski definition) is 4. The fourth-order valence-corrected chi connectivity index (χ4v) is 1.85. The summed E-state index contributed by atoms with van der Waals surface area (Å²) in [6.45, 7) is 1.39. The van der Waals surface area contributed by atoms with Gasteiger partial charge in [-0.15, -0.1) is 0 Å². The SMILES string of the molecule is CC(=O)Nc1ccc(NC(=O)c2ccc(N)cn2)cc1Cl. The van der Waals surface area contributed by atoms with Gasteiger partial charge >= 0.3 is 0 Å². The molecule has 1 aromatic heterocycles. The van der Waals surface area contributed by atoms with Crippen LogP contribution < -0.4 is 16.4 Å². The lowest BCUT2D eigenvalue weighted by Crippen LogP contribution is -2.14. The zero-order valence-electron chi connectivity index (χ0n) is 11.2. The molecule has 6 nitrogen and oxygen atoms in total. The maximum absolute atomic E-state index is 12.0. The molecule has 0 bridgehead atoms. The topological polar surface area (TPSA) is 97.1 Å². The van der Waals surface area contributed by atoms with Crippen LogP contribution >= 0.6 is 11.6 Å². The molecule has 7 heteroatoms. The third-order valence-corrected chi connectivity index (χ3v) is 2.87. The van der Waals surface area contributed by atoms with Crippen molar-refractivity contribution >= 4 is 40.5 Å². The molecule has 21 heavy (non-hydrogen) atoms. The Bertz CT molecular complexity index is 686. The smallest absolute Gasteiger partial charge is 0.274 e. The van der Waals surface area contributed by atoms with E-state index in [-0.39, 0.29) is 17.5 Å². The summed E-state index contributed by atoms with van der Waals surface area (Å²) in [6, 6.07) is 7.90. The van der Waals surface area contributed by atoms with Crippen molar-refractivity contribution in [1.82, 2.24) is 4.98 Å². The minimum absolute atomic E-state index is 0.222. The Balaban J connectivity index is 2.12. The number of rotatable bonds is 3. The molecule has 2 rings (SSSR count). The molecule has 0 saturated heterocycles. The van der Waals surface area contributed by atoms with Gasteiger partial charge in [0, 0.05) is 12.6 Å². The molecular weight excluding hydrogens is 292 g/mol. The molecule has 0 saturated carbocycles. The van der Waals surface area contributed by atoms with Gasteiger partial charge < -0.3 is 16.4 Å². The number of carbonyl (C=O) groups excluding carboxylic acids is 2. The van der Waals surface area contributed by atoms with Crippen LogP contribution in [0.5, 0.6) is 0 Å². The molecule has 0 atom stereocenters. The Morgan fingerprint density at radius 2 is 1.95 bits per heavy atom. The molecule has 0 unspecified atom stereocenters. The molecule has 0 radical (unpaired) electrons. The number of pyridine rings is 1. The van der Waals surface area contributed by atoms with Gasteiger partial charge in [0.15, 0.2) is 0 Å². The Morgan fingerprint density at radius 1 is 1.19 bits per heavy atom. The largest absolute Gasteiger partial charge is 0.397 e. The molecule has 1 heterocycles. The average molecular weight is 305 g/mol. The fraction of sp³-hybridized carbons (Fsp3) is 0.0714. The second-order valence-electron chi connectivity index (χ2n) is 4.31. The molecule has 2 aromatic rings. The van der Waals surface area contributed by atoms with E-state index < -0.39 is 0 Å². The van der Waals surface area contributed by atoms with E-state index in [0.29, 0.717) is 22.1 Å². The first-order valence-corrected chi connectivity index (χ1v) is 6.43. The highest BCUT2D eigenvalue weighted by atomic mass is 35.5. The maximum atomic E-state index is 12.0. The van der Waals surface area contributed by atoms with E-state index in [1.807, 2.05) is 0 Å². The molecule has 0 spiro atoms. The number of nitrogens with two attached hydrogens (primary N) is 1. The number of hydrogen-bond donors (Lipinski definition) is 3. The first kappa shape index (κ1) is 14.8. The van der Waals surface area contributed by atoms with E-state index in [1.165, 1.54) is 19.2 Å². The van der Waals surface area contributed by atoms with Crippen LogP contribution in [0.4, 0.5) is 17.1 Å². The number of benzene rings is 1. The van der Waals surface area contributed by atoms with Crippen LogP contribution in [0.1, 0.15) is 17.4 Å². The molecule has 1 aromatic carbocycles. The van der Waals surface area contributed by atoms with Gasteiger partial charge in [-0.25, -0.2) is 4.98 Å². The predicted octanol–water partition coefficient (Wildman–Crippen LogP) is 2.53. The summed E-state index contributed by atoms with van der Waals surface area (Å²) in [4.78, 5) is 26.9. The average Bonchev–Trinajstić information content (AvgIpc) is 2.42. The van der Waals surface area contributed by atoms with Crippen LogP contribution in [0.2, 0.25) is 5.02 Å².